The maximum atomic E-state index is 9.88. The highest BCUT2D eigenvalue weighted by molar-refractivity contribution is 4.87. The number of likely N-dealkylation sites (tertiary alicyclic amines) is 1. The van der Waals surface area contributed by atoms with E-state index in [1.807, 2.05) is 20.9 Å². The molecule has 2 N–H and O–H groups in total. The molecule has 0 aromatic rings. The summed E-state index contributed by atoms with van der Waals surface area (Å²) in [6.07, 6.45) is 3.83. The van der Waals surface area contributed by atoms with Gasteiger partial charge in [-0.1, -0.05) is 6.42 Å². The first-order chi connectivity index (χ1) is 6.94. The summed E-state index contributed by atoms with van der Waals surface area (Å²) in [6, 6.07) is 1.09. The molecule has 1 heterocycles. The third-order valence-corrected chi connectivity index (χ3v) is 3.29. The van der Waals surface area contributed by atoms with E-state index in [-0.39, 0.29) is 0 Å². The standard InChI is InChI=1S/C12H26N2O/c1-10(13-4)11-7-5-6-8-14(11)9-12(2,3)15/h10-11,13,15H,5-9H2,1-4H3. The van der Waals surface area contributed by atoms with Gasteiger partial charge in [-0.25, -0.2) is 0 Å². The van der Waals surface area contributed by atoms with E-state index in [9.17, 15) is 5.11 Å². The zero-order valence-corrected chi connectivity index (χ0v) is 10.6. The Kier molecular flexibility index (Phi) is 4.56. The first kappa shape index (κ1) is 12.9. The molecule has 2 unspecified atom stereocenters. The molecule has 3 nitrogen and oxygen atoms in total. The number of rotatable bonds is 4. The first-order valence-electron chi connectivity index (χ1n) is 6.08. The molecule has 0 aromatic heterocycles. The largest absolute Gasteiger partial charge is 0.389 e. The van der Waals surface area contributed by atoms with Gasteiger partial charge in [0.05, 0.1) is 5.60 Å². The predicted octanol–water partition coefficient (Wildman–Crippen LogP) is 1.22. The van der Waals surface area contributed by atoms with Crippen molar-refractivity contribution in [2.45, 2.75) is 57.7 Å². The van der Waals surface area contributed by atoms with Crippen molar-refractivity contribution < 1.29 is 5.11 Å². The molecule has 15 heavy (non-hydrogen) atoms. The highest BCUT2D eigenvalue weighted by Crippen LogP contribution is 2.21. The third-order valence-electron chi connectivity index (χ3n) is 3.29. The fraction of sp³-hybridized carbons (Fsp3) is 1.00. The van der Waals surface area contributed by atoms with Gasteiger partial charge in [0.1, 0.15) is 0 Å². The Bertz CT molecular complexity index is 189. The molecule has 0 aliphatic carbocycles. The van der Waals surface area contributed by atoms with E-state index in [2.05, 4.69) is 17.1 Å². The molecule has 1 fully saturated rings. The van der Waals surface area contributed by atoms with Crippen LogP contribution >= 0.6 is 0 Å². The first-order valence-corrected chi connectivity index (χ1v) is 6.08. The van der Waals surface area contributed by atoms with E-state index >= 15 is 0 Å². The van der Waals surface area contributed by atoms with Crippen LogP contribution in [0.25, 0.3) is 0 Å². The number of piperidine rings is 1. The number of nitrogens with zero attached hydrogens (tertiary/aromatic N) is 1. The molecule has 1 aliphatic heterocycles. The molecule has 2 atom stereocenters. The SMILES string of the molecule is CNC(C)C1CCCCN1CC(C)(C)O. The molecular weight excluding hydrogens is 188 g/mol. The van der Waals surface area contributed by atoms with Crippen LogP contribution in [0, 0.1) is 0 Å². The average Bonchev–Trinajstić information content (AvgIpc) is 2.15. The van der Waals surface area contributed by atoms with Crippen LogP contribution in [0.5, 0.6) is 0 Å². The van der Waals surface area contributed by atoms with Crippen LogP contribution in [0.3, 0.4) is 0 Å². The second-order valence-corrected chi connectivity index (χ2v) is 5.42. The Morgan fingerprint density at radius 3 is 2.67 bits per heavy atom. The maximum absolute atomic E-state index is 9.88. The summed E-state index contributed by atoms with van der Waals surface area (Å²) >= 11 is 0. The summed E-state index contributed by atoms with van der Waals surface area (Å²) in [5.41, 5.74) is -0.580. The van der Waals surface area contributed by atoms with Gasteiger partial charge >= 0.3 is 0 Å². The molecule has 0 aromatic carbocycles. The third kappa shape index (κ3) is 4.09. The van der Waals surface area contributed by atoms with Crippen LogP contribution in [0.2, 0.25) is 0 Å². The maximum Gasteiger partial charge on any atom is 0.0718 e. The molecule has 0 spiro atoms. The predicted molar refractivity (Wildman–Crippen MR) is 64.0 cm³/mol. The Labute approximate surface area is 93.9 Å². The van der Waals surface area contributed by atoms with Gasteiger partial charge in [0, 0.05) is 18.6 Å². The molecule has 0 radical (unpaired) electrons. The quantitative estimate of drug-likeness (QED) is 0.738. The Morgan fingerprint density at radius 1 is 1.47 bits per heavy atom. The minimum absolute atomic E-state index is 0.507. The lowest BCUT2D eigenvalue weighted by atomic mass is 9.94. The summed E-state index contributed by atoms with van der Waals surface area (Å²) in [6.45, 7) is 7.92. The van der Waals surface area contributed by atoms with Gasteiger partial charge in [0.15, 0.2) is 0 Å². The van der Waals surface area contributed by atoms with Crippen LogP contribution in [0.15, 0.2) is 0 Å². The summed E-state index contributed by atoms with van der Waals surface area (Å²) in [4.78, 5) is 2.44. The summed E-state index contributed by atoms with van der Waals surface area (Å²) < 4.78 is 0. The monoisotopic (exact) mass is 214 g/mol. The fourth-order valence-corrected chi connectivity index (χ4v) is 2.47. The van der Waals surface area contributed by atoms with E-state index in [1.165, 1.54) is 19.3 Å². The lowest BCUT2D eigenvalue weighted by Gasteiger charge is -2.41. The average molecular weight is 214 g/mol. The number of nitrogens with one attached hydrogen (secondary N) is 1. The normalized spacial score (nSPS) is 26.6. The zero-order chi connectivity index (χ0) is 11.5. The zero-order valence-electron chi connectivity index (χ0n) is 10.6. The summed E-state index contributed by atoms with van der Waals surface area (Å²) in [7, 11) is 2.02. The van der Waals surface area contributed by atoms with Crippen LogP contribution in [-0.4, -0.2) is 47.8 Å². The molecule has 0 saturated carbocycles. The number of hydrogen-bond donors (Lipinski definition) is 2. The smallest absolute Gasteiger partial charge is 0.0718 e. The van der Waals surface area contributed by atoms with Gasteiger partial charge in [-0.15, -0.1) is 0 Å². The molecule has 1 aliphatic rings. The van der Waals surface area contributed by atoms with Crippen LogP contribution in [0.1, 0.15) is 40.0 Å². The second kappa shape index (κ2) is 5.28. The van der Waals surface area contributed by atoms with E-state index in [4.69, 9.17) is 0 Å². The van der Waals surface area contributed by atoms with Gasteiger partial charge in [0.25, 0.3) is 0 Å². The molecule has 0 amide bonds. The molecule has 1 saturated heterocycles. The van der Waals surface area contributed by atoms with Crippen molar-refractivity contribution in [3.8, 4) is 0 Å². The van der Waals surface area contributed by atoms with E-state index in [1.54, 1.807) is 0 Å². The van der Waals surface area contributed by atoms with Gasteiger partial charge in [-0.2, -0.15) is 0 Å². The van der Waals surface area contributed by atoms with Gasteiger partial charge in [0.2, 0.25) is 0 Å². The lowest BCUT2D eigenvalue weighted by molar-refractivity contribution is 0.00361. The summed E-state index contributed by atoms with van der Waals surface area (Å²) in [5.74, 6) is 0. The molecule has 0 bridgehead atoms. The fourth-order valence-electron chi connectivity index (χ4n) is 2.47. The highest BCUT2D eigenvalue weighted by atomic mass is 16.3. The number of aliphatic hydroxyl groups is 1. The molecular formula is C12H26N2O. The van der Waals surface area contributed by atoms with Crippen LogP contribution in [0.4, 0.5) is 0 Å². The van der Waals surface area contributed by atoms with Crippen LogP contribution < -0.4 is 5.32 Å². The topological polar surface area (TPSA) is 35.5 Å². The highest BCUT2D eigenvalue weighted by Gasteiger charge is 2.29. The lowest BCUT2D eigenvalue weighted by Crippen LogP contribution is -2.53. The molecule has 90 valence electrons. The van der Waals surface area contributed by atoms with E-state index < -0.39 is 5.60 Å². The van der Waals surface area contributed by atoms with E-state index in [0.29, 0.717) is 12.1 Å². The number of β-amino-alcohol motifs (C(OH)–C–C–N with tert-alkyl or cyclic N) is 1. The number of likely N-dealkylation sites (N-methyl/N-ethyl adjacent to an activating group) is 1. The van der Waals surface area contributed by atoms with Gasteiger partial charge in [-0.3, -0.25) is 4.90 Å². The van der Waals surface area contributed by atoms with Crippen molar-refractivity contribution in [2.75, 3.05) is 20.1 Å². The van der Waals surface area contributed by atoms with Crippen molar-refractivity contribution >= 4 is 0 Å². The van der Waals surface area contributed by atoms with Crippen molar-refractivity contribution in [1.82, 2.24) is 10.2 Å². The van der Waals surface area contributed by atoms with Crippen molar-refractivity contribution in [1.29, 1.82) is 0 Å². The Hall–Kier alpha value is -0.120. The van der Waals surface area contributed by atoms with Gasteiger partial charge < -0.3 is 10.4 Å². The summed E-state index contributed by atoms with van der Waals surface area (Å²) in [5, 5.41) is 13.2. The molecule has 1 rings (SSSR count). The van der Waals surface area contributed by atoms with Crippen LogP contribution in [-0.2, 0) is 0 Å². The van der Waals surface area contributed by atoms with E-state index in [0.717, 1.165) is 13.1 Å². The second-order valence-electron chi connectivity index (χ2n) is 5.42. The Morgan fingerprint density at radius 2 is 2.13 bits per heavy atom. The van der Waals surface area contributed by atoms with Crippen molar-refractivity contribution in [3.63, 3.8) is 0 Å². The van der Waals surface area contributed by atoms with Gasteiger partial charge in [-0.05, 0) is 47.2 Å². The minimum Gasteiger partial charge on any atom is -0.389 e. The van der Waals surface area contributed by atoms with Crippen molar-refractivity contribution in [2.24, 2.45) is 0 Å². The minimum atomic E-state index is -0.580. The van der Waals surface area contributed by atoms with Crippen molar-refractivity contribution in [3.05, 3.63) is 0 Å². The molecule has 3 heteroatoms. The Balaban J connectivity index is 2.57. The number of hydrogen-bond acceptors (Lipinski definition) is 3.